The number of thiophene rings is 1. The molecule has 100 valence electrons. The van der Waals surface area contributed by atoms with Crippen molar-refractivity contribution < 1.29 is 9.53 Å². The van der Waals surface area contributed by atoms with Crippen molar-refractivity contribution in [3.05, 3.63) is 41.3 Å². The minimum atomic E-state index is -0.159. The number of anilines is 1. The number of aryl methyl sites for hydroxylation is 1. The molecule has 1 aromatic carbocycles. The lowest BCUT2D eigenvalue weighted by atomic mass is 10.0. The SMILES string of the molecule is CCOC(=O)CCc1sc(N)cc1-c1ccccc1. The maximum absolute atomic E-state index is 11.4. The van der Waals surface area contributed by atoms with Gasteiger partial charge in [-0.25, -0.2) is 0 Å². The van der Waals surface area contributed by atoms with E-state index in [4.69, 9.17) is 10.5 Å². The standard InChI is InChI=1S/C15H17NO2S/c1-2-18-15(17)9-8-13-12(10-14(16)19-13)11-6-4-3-5-7-11/h3-7,10H,2,8-9,16H2,1H3. The van der Waals surface area contributed by atoms with Gasteiger partial charge in [-0.15, -0.1) is 11.3 Å². The van der Waals surface area contributed by atoms with Gasteiger partial charge in [0.15, 0.2) is 0 Å². The molecule has 0 radical (unpaired) electrons. The van der Waals surface area contributed by atoms with E-state index in [1.807, 2.05) is 31.2 Å². The molecule has 1 heterocycles. The molecule has 1 aromatic heterocycles. The first-order valence-corrected chi connectivity index (χ1v) is 7.11. The molecule has 0 aliphatic heterocycles. The van der Waals surface area contributed by atoms with E-state index in [0.717, 1.165) is 21.0 Å². The molecule has 19 heavy (non-hydrogen) atoms. The molecule has 0 aliphatic carbocycles. The van der Waals surface area contributed by atoms with Crippen molar-refractivity contribution in [2.24, 2.45) is 0 Å². The smallest absolute Gasteiger partial charge is 0.306 e. The van der Waals surface area contributed by atoms with E-state index in [-0.39, 0.29) is 5.97 Å². The van der Waals surface area contributed by atoms with Crippen LogP contribution in [-0.4, -0.2) is 12.6 Å². The molecule has 0 aliphatic rings. The highest BCUT2D eigenvalue weighted by Crippen LogP contribution is 2.33. The van der Waals surface area contributed by atoms with Crippen LogP contribution in [0.1, 0.15) is 18.2 Å². The van der Waals surface area contributed by atoms with E-state index in [1.165, 1.54) is 11.3 Å². The first kappa shape index (κ1) is 13.6. The first-order valence-electron chi connectivity index (χ1n) is 6.30. The number of esters is 1. The second-order valence-electron chi connectivity index (χ2n) is 4.16. The normalized spacial score (nSPS) is 10.4. The number of nitrogen functional groups attached to an aromatic ring is 1. The zero-order valence-corrected chi connectivity index (χ0v) is 11.7. The monoisotopic (exact) mass is 275 g/mol. The summed E-state index contributed by atoms with van der Waals surface area (Å²) in [4.78, 5) is 12.6. The molecule has 0 saturated heterocycles. The van der Waals surface area contributed by atoms with Crippen molar-refractivity contribution in [3.63, 3.8) is 0 Å². The third-order valence-electron chi connectivity index (χ3n) is 2.77. The molecule has 2 aromatic rings. The lowest BCUT2D eigenvalue weighted by molar-refractivity contribution is -0.143. The van der Waals surface area contributed by atoms with Crippen LogP contribution in [-0.2, 0) is 16.0 Å². The summed E-state index contributed by atoms with van der Waals surface area (Å²) in [7, 11) is 0. The summed E-state index contributed by atoms with van der Waals surface area (Å²) in [5.74, 6) is -0.159. The van der Waals surface area contributed by atoms with Gasteiger partial charge in [0.2, 0.25) is 0 Å². The predicted octanol–water partition coefficient (Wildman–Crippen LogP) is 3.49. The van der Waals surface area contributed by atoms with Crippen molar-refractivity contribution in [3.8, 4) is 11.1 Å². The molecule has 2 rings (SSSR count). The van der Waals surface area contributed by atoms with Crippen molar-refractivity contribution in [1.82, 2.24) is 0 Å². The van der Waals surface area contributed by atoms with Crippen molar-refractivity contribution >= 4 is 22.3 Å². The van der Waals surface area contributed by atoms with Crippen molar-refractivity contribution in [1.29, 1.82) is 0 Å². The van der Waals surface area contributed by atoms with Crippen LogP contribution in [0.15, 0.2) is 36.4 Å². The molecule has 0 spiro atoms. The third-order valence-corrected chi connectivity index (χ3v) is 3.80. The van der Waals surface area contributed by atoms with Crippen LogP contribution in [0.5, 0.6) is 0 Å². The first-order chi connectivity index (χ1) is 9.20. The van der Waals surface area contributed by atoms with Gasteiger partial charge in [0.25, 0.3) is 0 Å². The number of hydrogen-bond acceptors (Lipinski definition) is 4. The molecular formula is C15H17NO2S. The van der Waals surface area contributed by atoms with Crippen LogP contribution >= 0.6 is 11.3 Å². The van der Waals surface area contributed by atoms with Gasteiger partial charge in [-0.2, -0.15) is 0 Å². The Kier molecular flexibility index (Phi) is 4.58. The quantitative estimate of drug-likeness (QED) is 0.850. The van der Waals surface area contributed by atoms with Crippen LogP contribution in [0.2, 0.25) is 0 Å². The molecule has 0 atom stereocenters. The number of carbonyl (C=O) groups excluding carboxylic acids is 1. The van der Waals surface area contributed by atoms with E-state index in [9.17, 15) is 4.79 Å². The number of nitrogens with two attached hydrogens (primary N) is 1. The van der Waals surface area contributed by atoms with Gasteiger partial charge in [-0.3, -0.25) is 4.79 Å². The fourth-order valence-electron chi connectivity index (χ4n) is 1.95. The molecule has 3 nitrogen and oxygen atoms in total. The number of benzene rings is 1. The van der Waals surface area contributed by atoms with Gasteiger partial charge in [-0.1, -0.05) is 30.3 Å². The Balaban J connectivity index is 2.15. The molecule has 0 saturated carbocycles. The van der Waals surface area contributed by atoms with Crippen molar-refractivity contribution in [2.45, 2.75) is 19.8 Å². The van der Waals surface area contributed by atoms with Gasteiger partial charge in [0.1, 0.15) is 0 Å². The summed E-state index contributed by atoms with van der Waals surface area (Å²) in [5.41, 5.74) is 8.14. The van der Waals surface area contributed by atoms with E-state index in [2.05, 4.69) is 12.1 Å². The van der Waals surface area contributed by atoms with Crippen LogP contribution in [0.4, 0.5) is 5.00 Å². The second-order valence-corrected chi connectivity index (χ2v) is 5.32. The maximum Gasteiger partial charge on any atom is 0.306 e. The van der Waals surface area contributed by atoms with E-state index in [0.29, 0.717) is 19.4 Å². The average Bonchev–Trinajstić information content (AvgIpc) is 2.79. The van der Waals surface area contributed by atoms with Gasteiger partial charge >= 0.3 is 5.97 Å². The van der Waals surface area contributed by atoms with Gasteiger partial charge < -0.3 is 10.5 Å². The molecule has 0 bridgehead atoms. The third kappa shape index (κ3) is 3.58. The van der Waals surface area contributed by atoms with Gasteiger partial charge in [0.05, 0.1) is 18.0 Å². The molecule has 4 heteroatoms. The lowest BCUT2D eigenvalue weighted by Crippen LogP contribution is -2.04. The highest BCUT2D eigenvalue weighted by molar-refractivity contribution is 7.16. The number of hydrogen-bond donors (Lipinski definition) is 1. The van der Waals surface area contributed by atoms with Gasteiger partial charge in [0, 0.05) is 4.88 Å². The number of ether oxygens (including phenoxy) is 1. The second kappa shape index (κ2) is 6.38. The largest absolute Gasteiger partial charge is 0.466 e. The minimum Gasteiger partial charge on any atom is -0.466 e. The fraction of sp³-hybridized carbons (Fsp3) is 0.267. The van der Waals surface area contributed by atoms with E-state index < -0.39 is 0 Å². The summed E-state index contributed by atoms with van der Waals surface area (Å²) in [5, 5.41) is 0.776. The Morgan fingerprint density at radius 1 is 1.32 bits per heavy atom. The van der Waals surface area contributed by atoms with Gasteiger partial charge in [-0.05, 0) is 30.5 Å². The molecule has 0 amide bonds. The number of carbonyl (C=O) groups is 1. The minimum absolute atomic E-state index is 0.159. The Bertz CT molecular complexity index is 549. The van der Waals surface area contributed by atoms with Crippen molar-refractivity contribution in [2.75, 3.05) is 12.3 Å². The van der Waals surface area contributed by atoms with Crippen LogP contribution in [0.3, 0.4) is 0 Å². The Labute approximate surface area is 117 Å². The fourth-order valence-corrected chi connectivity index (χ4v) is 2.90. The Morgan fingerprint density at radius 3 is 2.74 bits per heavy atom. The highest BCUT2D eigenvalue weighted by Gasteiger charge is 2.11. The molecule has 0 unspecified atom stereocenters. The van der Waals surface area contributed by atoms with Crippen LogP contribution < -0.4 is 5.73 Å². The summed E-state index contributed by atoms with van der Waals surface area (Å²) in [6.45, 7) is 2.24. The van der Waals surface area contributed by atoms with Crippen LogP contribution in [0, 0.1) is 0 Å². The van der Waals surface area contributed by atoms with Crippen LogP contribution in [0.25, 0.3) is 11.1 Å². The predicted molar refractivity (Wildman–Crippen MR) is 79.1 cm³/mol. The molecular weight excluding hydrogens is 258 g/mol. The highest BCUT2D eigenvalue weighted by atomic mass is 32.1. The Hall–Kier alpha value is -1.81. The lowest BCUT2D eigenvalue weighted by Gasteiger charge is -2.04. The topological polar surface area (TPSA) is 52.3 Å². The zero-order valence-electron chi connectivity index (χ0n) is 10.9. The summed E-state index contributed by atoms with van der Waals surface area (Å²) in [6, 6.07) is 12.1. The summed E-state index contributed by atoms with van der Waals surface area (Å²) < 4.78 is 4.95. The summed E-state index contributed by atoms with van der Waals surface area (Å²) in [6.07, 6.45) is 1.07. The van der Waals surface area contributed by atoms with E-state index >= 15 is 0 Å². The zero-order chi connectivity index (χ0) is 13.7. The Morgan fingerprint density at radius 2 is 2.05 bits per heavy atom. The average molecular weight is 275 g/mol. The molecule has 0 fully saturated rings. The van der Waals surface area contributed by atoms with E-state index in [1.54, 1.807) is 0 Å². The molecule has 2 N–H and O–H groups in total. The number of rotatable bonds is 5. The maximum atomic E-state index is 11.4. The summed E-state index contributed by atoms with van der Waals surface area (Å²) >= 11 is 1.54.